The second kappa shape index (κ2) is 7.49. The van der Waals surface area contributed by atoms with E-state index in [-0.39, 0.29) is 12.2 Å². The van der Waals surface area contributed by atoms with Crippen LogP contribution in [-0.2, 0) is 6.61 Å². The molecule has 0 unspecified atom stereocenters. The molecule has 1 aliphatic rings. The van der Waals surface area contributed by atoms with Crippen molar-refractivity contribution in [2.45, 2.75) is 25.9 Å². The van der Waals surface area contributed by atoms with E-state index in [1.54, 1.807) is 24.3 Å². The van der Waals surface area contributed by atoms with Gasteiger partial charge in [0, 0.05) is 24.3 Å². The lowest BCUT2D eigenvalue weighted by molar-refractivity contribution is 0.0696. The summed E-state index contributed by atoms with van der Waals surface area (Å²) in [6.45, 7) is 1.80. The first-order valence-electron chi connectivity index (χ1n) is 7.86. The molecule has 0 saturated carbocycles. The summed E-state index contributed by atoms with van der Waals surface area (Å²) in [5.41, 5.74) is 0.132. The van der Waals surface area contributed by atoms with Gasteiger partial charge in [-0.2, -0.15) is 0 Å². The molecule has 1 aliphatic heterocycles. The molecule has 126 valence electrons. The van der Waals surface area contributed by atoms with Gasteiger partial charge in [-0.05, 0) is 43.5 Å². The number of benzene rings is 1. The van der Waals surface area contributed by atoms with Crippen LogP contribution in [0.1, 0.15) is 35.4 Å². The third-order valence-electron chi connectivity index (χ3n) is 3.89. The monoisotopic (exact) mass is 347 g/mol. The van der Waals surface area contributed by atoms with Crippen molar-refractivity contribution in [3.63, 3.8) is 0 Å². The molecule has 0 atom stereocenters. The molecule has 1 aromatic carbocycles. The van der Waals surface area contributed by atoms with Gasteiger partial charge in [0.25, 0.3) is 0 Å². The van der Waals surface area contributed by atoms with Gasteiger partial charge in [0.15, 0.2) is 5.82 Å². The molecular weight excluding hydrogens is 330 g/mol. The minimum Gasteiger partial charge on any atom is -0.486 e. The molecule has 0 bridgehead atoms. The maximum Gasteiger partial charge on any atom is 0.341 e. The number of halogens is 1. The molecular formula is C17H18ClN3O3. The third kappa shape index (κ3) is 3.94. The molecule has 0 spiro atoms. The minimum atomic E-state index is -1.01. The highest BCUT2D eigenvalue weighted by Crippen LogP contribution is 2.22. The lowest BCUT2D eigenvalue weighted by Crippen LogP contribution is -2.32. The van der Waals surface area contributed by atoms with Crippen LogP contribution in [0.4, 0.5) is 5.82 Å². The number of nitrogens with zero attached hydrogens (tertiary/aromatic N) is 3. The van der Waals surface area contributed by atoms with Gasteiger partial charge >= 0.3 is 5.97 Å². The van der Waals surface area contributed by atoms with Crippen molar-refractivity contribution in [2.75, 3.05) is 18.0 Å². The van der Waals surface area contributed by atoms with Crippen LogP contribution in [0.15, 0.2) is 30.5 Å². The zero-order valence-electron chi connectivity index (χ0n) is 13.1. The molecule has 24 heavy (non-hydrogen) atoms. The maximum absolute atomic E-state index is 11.4. The standard InChI is InChI=1S/C17H18ClN3O3/c18-12-4-6-13(7-5-12)24-11-15-19-10-14(17(22)23)16(20-15)21-8-2-1-3-9-21/h4-7,10H,1-3,8-9,11H2,(H,22,23). The number of hydrogen-bond donors (Lipinski definition) is 1. The topological polar surface area (TPSA) is 75.5 Å². The van der Waals surface area contributed by atoms with Crippen LogP contribution in [0.25, 0.3) is 0 Å². The number of aromatic nitrogens is 2. The number of anilines is 1. The van der Waals surface area contributed by atoms with Crippen molar-refractivity contribution in [1.29, 1.82) is 0 Å². The molecule has 3 rings (SSSR count). The molecule has 1 aromatic heterocycles. The van der Waals surface area contributed by atoms with E-state index in [0.717, 1.165) is 32.4 Å². The quantitative estimate of drug-likeness (QED) is 0.893. The summed E-state index contributed by atoms with van der Waals surface area (Å²) in [5, 5.41) is 10.0. The Hall–Kier alpha value is -2.34. The van der Waals surface area contributed by atoms with Crippen molar-refractivity contribution in [1.82, 2.24) is 9.97 Å². The molecule has 0 radical (unpaired) electrons. The van der Waals surface area contributed by atoms with Crippen molar-refractivity contribution in [3.8, 4) is 5.75 Å². The van der Waals surface area contributed by atoms with Gasteiger partial charge in [-0.25, -0.2) is 14.8 Å². The van der Waals surface area contributed by atoms with Crippen LogP contribution in [0.5, 0.6) is 5.75 Å². The predicted molar refractivity (Wildman–Crippen MR) is 90.8 cm³/mol. The fraction of sp³-hybridized carbons (Fsp3) is 0.353. The van der Waals surface area contributed by atoms with Gasteiger partial charge in [-0.15, -0.1) is 0 Å². The highest BCUT2D eigenvalue weighted by atomic mass is 35.5. The van der Waals surface area contributed by atoms with E-state index >= 15 is 0 Å². The van der Waals surface area contributed by atoms with Crippen LogP contribution < -0.4 is 9.64 Å². The van der Waals surface area contributed by atoms with E-state index in [4.69, 9.17) is 16.3 Å². The molecule has 0 amide bonds. The number of piperidine rings is 1. The van der Waals surface area contributed by atoms with Crippen molar-refractivity contribution in [3.05, 3.63) is 46.9 Å². The Kier molecular flexibility index (Phi) is 5.15. The maximum atomic E-state index is 11.4. The van der Waals surface area contributed by atoms with Gasteiger partial charge < -0.3 is 14.7 Å². The molecule has 0 aliphatic carbocycles. The second-order valence-electron chi connectivity index (χ2n) is 5.62. The summed E-state index contributed by atoms with van der Waals surface area (Å²) in [7, 11) is 0. The number of aromatic carboxylic acids is 1. The Labute approximate surface area is 145 Å². The first kappa shape index (κ1) is 16.5. The Morgan fingerprint density at radius 1 is 1.21 bits per heavy atom. The molecule has 1 fully saturated rings. The zero-order chi connectivity index (χ0) is 16.9. The number of hydrogen-bond acceptors (Lipinski definition) is 5. The minimum absolute atomic E-state index is 0.132. The Bertz CT molecular complexity index is 716. The fourth-order valence-corrected chi connectivity index (χ4v) is 2.78. The number of carboxylic acid groups (broad SMARTS) is 1. The van der Waals surface area contributed by atoms with Crippen molar-refractivity contribution < 1.29 is 14.6 Å². The van der Waals surface area contributed by atoms with Gasteiger partial charge in [0.2, 0.25) is 0 Å². The largest absolute Gasteiger partial charge is 0.486 e. The highest BCUT2D eigenvalue weighted by molar-refractivity contribution is 6.30. The van der Waals surface area contributed by atoms with E-state index in [1.807, 2.05) is 4.90 Å². The van der Waals surface area contributed by atoms with Gasteiger partial charge in [-0.1, -0.05) is 11.6 Å². The van der Waals surface area contributed by atoms with Crippen LogP contribution in [0.3, 0.4) is 0 Å². The average Bonchev–Trinajstić information content (AvgIpc) is 2.61. The lowest BCUT2D eigenvalue weighted by Gasteiger charge is -2.28. The van der Waals surface area contributed by atoms with Crippen molar-refractivity contribution >= 4 is 23.4 Å². The first-order valence-corrected chi connectivity index (χ1v) is 8.24. The average molecular weight is 348 g/mol. The smallest absolute Gasteiger partial charge is 0.341 e. The molecule has 1 saturated heterocycles. The Morgan fingerprint density at radius 3 is 2.58 bits per heavy atom. The fourth-order valence-electron chi connectivity index (χ4n) is 2.65. The molecule has 1 N–H and O–H groups in total. The van der Waals surface area contributed by atoms with Gasteiger partial charge in [0.1, 0.15) is 23.7 Å². The first-order chi connectivity index (χ1) is 11.6. The second-order valence-corrected chi connectivity index (χ2v) is 6.06. The lowest BCUT2D eigenvalue weighted by atomic mass is 10.1. The normalized spacial score (nSPS) is 14.5. The van der Waals surface area contributed by atoms with E-state index in [2.05, 4.69) is 9.97 Å². The summed E-state index contributed by atoms with van der Waals surface area (Å²) in [4.78, 5) is 22.0. The van der Waals surface area contributed by atoms with Crippen molar-refractivity contribution in [2.24, 2.45) is 0 Å². The predicted octanol–water partition coefficient (Wildman–Crippen LogP) is 3.40. The molecule has 2 aromatic rings. The summed E-state index contributed by atoms with van der Waals surface area (Å²) in [6, 6.07) is 7.01. The van der Waals surface area contributed by atoms with Gasteiger partial charge in [0.05, 0.1) is 0 Å². The SMILES string of the molecule is O=C(O)c1cnc(COc2ccc(Cl)cc2)nc1N1CCCCC1. The molecule has 7 heteroatoms. The summed E-state index contributed by atoms with van der Waals surface area (Å²) < 4.78 is 5.64. The number of rotatable bonds is 5. The van der Waals surface area contributed by atoms with E-state index in [9.17, 15) is 9.90 Å². The Balaban J connectivity index is 1.78. The molecule has 6 nitrogen and oxygen atoms in total. The van der Waals surface area contributed by atoms with Crippen LogP contribution in [-0.4, -0.2) is 34.1 Å². The highest BCUT2D eigenvalue weighted by Gasteiger charge is 2.21. The van der Waals surface area contributed by atoms with Crippen LogP contribution in [0.2, 0.25) is 5.02 Å². The number of carboxylic acids is 1. The van der Waals surface area contributed by atoms with E-state index in [1.165, 1.54) is 6.20 Å². The Morgan fingerprint density at radius 2 is 1.92 bits per heavy atom. The van der Waals surface area contributed by atoms with E-state index < -0.39 is 5.97 Å². The summed E-state index contributed by atoms with van der Waals surface area (Å²) in [6.07, 6.45) is 4.61. The number of carbonyl (C=O) groups is 1. The van der Waals surface area contributed by atoms with Crippen LogP contribution in [0, 0.1) is 0 Å². The van der Waals surface area contributed by atoms with Gasteiger partial charge in [-0.3, -0.25) is 0 Å². The summed E-state index contributed by atoms with van der Waals surface area (Å²) in [5.74, 6) is 0.577. The van der Waals surface area contributed by atoms with E-state index in [0.29, 0.717) is 22.4 Å². The summed E-state index contributed by atoms with van der Waals surface area (Å²) >= 11 is 5.84. The molecule has 2 heterocycles. The zero-order valence-corrected chi connectivity index (χ0v) is 13.9. The third-order valence-corrected chi connectivity index (χ3v) is 4.14. The van der Waals surface area contributed by atoms with Crippen LogP contribution >= 0.6 is 11.6 Å². The number of ether oxygens (including phenoxy) is 1.